The molecule has 0 radical (unpaired) electrons. The monoisotopic (exact) mass is 338 g/mol. The van der Waals surface area contributed by atoms with E-state index in [2.05, 4.69) is 33.9 Å². The number of piperidine rings is 1. The van der Waals surface area contributed by atoms with Gasteiger partial charge in [-0.15, -0.1) is 0 Å². The molecule has 1 aromatic rings. The van der Waals surface area contributed by atoms with E-state index in [0.717, 1.165) is 38.9 Å². The predicted molar refractivity (Wildman–Crippen MR) is 90.6 cm³/mol. The topological polar surface area (TPSA) is 58.6 Å². The lowest BCUT2D eigenvalue weighted by Crippen LogP contribution is -2.45. The van der Waals surface area contributed by atoms with Crippen LogP contribution in [0.4, 0.5) is 0 Å². The molecule has 128 valence electrons. The van der Waals surface area contributed by atoms with Crippen molar-refractivity contribution >= 4 is 10.0 Å². The molecule has 2 aliphatic rings. The van der Waals surface area contributed by atoms with Gasteiger partial charge in [0.05, 0.1) is 12.4 Å². The van der Waals surface area contributed by atoms with E-state index in [4.69, 9.17) is 4.74 Å². The summed E-state index contributed by atoms with van der Waals surface area (Å²) in [6.45, 7) is 4.09. The molecule has 2 saturated heterocycles. The number of nitrogens with zero attached hydrogens (tertiary/aromatic N) is 1. The van der Waals surface area contributed by atoms with Crippen LogP contribution in [0.2, 0.25) is 0 Å². The zero-order chi connectivity index (χ0) is 16.1. The van der Waals surface area contributed by atoms with Crippen LogP contribution < -0.4 is 4.72 Å². The molecule has 1 N–H and O–H groups in total. The van der Waals surface area contributed by atoms with Gasteiger partial charge in [0.15, 0.2) is 0 Å². The third-order valence-electron chi connectivity index (χ3n) is 4.66. The van der Waals surface area contributed by atoms with E-state index in [-0.39, 0.29) is 17.7 Å². The molecule has 2 aliphatic heterocycles. The average molecular weight is 338 g/mol. The van der Waals surface area contributed by atoms with Crippen LogP contribution in [0.1, 0.15) is 24.8 Å². The number of hydrogen-bond acceptors (Lipinski definition) is 4. The molecule has 5 nitrogen and oxygen atoms in total. The number of nitrogens with one attached hydrogen (secondary N) is 1. The van der Waals surface area contributed by atoms with Crippen LogP contribution in [0, 0.1) is 5.92 Å². The van der Waals surface area contributed by atoms with Crippen molar-refractivity contribution in [1.82, 2.24) is 9.62 Å². The number of likely N-dealkylation sites (tertiary alicyclic amines) is 1. The van der Waals surface area contributed by atoms with Gasteiger partial charge >= 0.3 is 0 Å². The van der Waals surface area contributed by atoms with Crippen molar-refractivity contribution in [3.05, 3.63) is 35.9 Å². The smallest absolute Gasteiger partial charge is 0.212 e. The van der Waals surface area contributed by atoms with Gasteiger partial charge in [0.2, 0.25) is 10.0 Å². The molecule has 0 bridgehead atoms. The van der Waals surface area contributed by atoms with Gasteiger partial charge in [0, 0.05) is 32.3 Å². The first-order valence-electron chi connectivity index (χ1n) is 8.45. The van der Waals surface area contributed by atoms with E-state index >= 15 is 0 Å². The van der Waals surface area contributed by atoms with E-state index in [9.17, 15) is 8.42 Å². The Morgan fingerprint density at radius 1 is 1.13 bits per heavy atom. The first-order valence-corrected chi connectivity index (χ1v) is 10.1. The molecule has 2 heterocycles. The Labute approximate surface area is 139 Å². The Bertz CT molecular complexity index is 577. The van der Waals surface area contributed by atoms with Crippen molar-refractivity contribution < 1.29 is 13.2 Å². The Hall–Kier alpha value is -0.950. The number of rotatable bonds is 6. The Balaban J connectivity index is 1.43. The van der Waals surface area contributed by atoms with E-state index < -0.39 is 10.0 Å². The maximum absolute atomic E-state index is 12.2. The Kier molecular flexibility index (Phi) is 5.69. The van der Waals surface area contributed by atoms with Gasteiger partial charge in [-0.3, -0.25) is 4.90 Å². The third-order valence-corrected chi connectivity index (χ3v) is 6.26. The summed E-state index contributed by atoms with van der Waals surface area (Å²) in [6.07, 6.45) is 2.62. The molecule has 0 saturated carbocycles. The normalized spacial score (nSPS) is 24.1. The lowest BCUT2D eigenvalue weighted by Gasteiger charge is -2.32. The summed E-state index contributed by atoms with van der Waals surface area (Å²) in [4.78, 5) is 2.39. The zero-order valence-electron chi connectivity index (χ0n) is 13.5. The first-order chi connectivity index (χ1) is 11.1. The van der Waals surface area contributed by atoms with Gasteiger partial charge in [-0.25, -0.2) is 13.1 Å². The zero-order valence-corrected chi connectivity index (χ0v) is 14.3. The number of sulfonamides is 1. The van der Waals surface area contributed by atoms with Crippen molar-refractivity contribution in [2.45, 2.75) is 31.8 Å². The predicted octanol–water partition coefficient (Wildman–Crippen LogP) is 1.61. The molecule has 0 amide bonds. The maximum atomic E-state index is 12.2. The summed E-state index contributed by atoms with van der Waals surface area (Å²) in [7, 11) is -3.19. The quantitative estimate of drug-likeness (QED) is 0.856. The van der Waals surface area contributed by atoms with Crippen molar-refractivity contribution in [3.63, 3.8) is 0 Å². The number of benzene rings is 1. The van der Waals surface area contributed by atoms with Crippen molar-refractivity contribution in [2.75, 3.05) is 32.1 Å². The van der Waals surface area contributed by atoms with Gasteiger partial charge in [-0.05, 0) is 30.7 Å². The first kappa shape index (κ1) is 16.9. The Morgan fingerprint density at radius 2 is 1.87 bits per heavy atom. The largest absolute Gasteiger partial charge is 0.381 e. The molecule has 0 aromatic heterocycles. The number of hydrogen-bond donors (Lipinski definition) is 1. The summed E-state index contributed by atoms with van der Waals surface area (Å²) in [5, 5.41) is 0. The van der Waals surface area contributed by atoms with Crippen molar-refractivity contribution in [1.29, 1.82) is 0 Å². The van der Waals surface area contributed by atoms with E-state index in [1.165, 1.54) is 5.56 Å². The van der Waals surface area contributed by atoms with E-state index in [1.54, 1.807) is 0 Å². The summed E-state index contributed by atoms with van der Waals surface area (Å²) in [6, 6.07) is 10.5. The molecular formula is C17H26N2O3S. The summed E-state index contributed by atoms with van der Waals surface area (Å²) in [5.41, 5.74) is 1.31. The molecule has 1 unspecified atom stereocenters. The Morgan fingerprint density at radius 3 is 2.52 bits per heavy atom. The van der Waals surface area contributed by atoms with Gasteiger partial charge in [0.25, 0.3) is 0 Å². The molecule has 2 fully saturated rings. The summed E-state index contributed by atoms with van der Waals surface area (Å²) >= 11 is 0. The van der Waals surface area contributed by atoms with Crippen LogP contribution in [0.5, 0.6) is 0 Å². The minimum atomic E-state index is -3.19. The van der Waals surface area contributed by atoms with Crippen LogP contribution >= 0.6 is 0 Å². The highest BCUT2D eigenvalue weighted by Gasteiger charge is 2.27. The fraction of sp³-hybridized carbons (Fsp3) is 0.647. The van der Waals surface area contributed by atoms with Crippen molar-refractivity contribution in [3.8, 4) is 0 Å². The second-order valence-corrected chi connectivity index (χ2v) is 8.46. The van der Waals surface area contributed by atoms with Crippen LogP contribution in [0.25, 0.3) is 0 Å². The minimum absolute atomic E-state index is 0.0781. The fourth-order valence-electron chi connectivity index (χ4n) is 3.38. The van der Waals surface area contributed by atoms with Crippen LogP contribution in [-0.2, 0) is 21.3 Å². The molecule has 1 atom stereocenters. The lowest BCUT2D eigenvalue weighted by atomic mass is 10.1. The molecule has 0 aliphatic carbocycles. The standard InChI is InChI=1S/C17H26N2O3S/c20-23(21,14-16-8-11-22-13-16)18-17-6-9-19(10-7-17)12-15-4-2-1-3-5-15/h1-5,16-18H,6-14H2. The second kappa shape index (κ2) is 7.75. The average Bonchev–Trinajstić information content (AvgIpc) is 3.02. The van der Waals surface area contributed by atoms with Gasteiger partial charge in [-0.1, -0.05) is 30.3 Å². The SMILES string of the molecule is O=S(=O)(CC1CCOC1)NC1CCN(Cc2ccccc2)CC1. The molecule has 1 aromatic carbocycles. The second-order valence-electron chi connectivity index (χ2n) is 6.66. The highest BCUT2D eigenvalue weighted by atomic mass is 32.2. The number of ether oxygens (including phenoxy) is 1. The lowest BCUT2D eigenvalue weighted by molar-refractivity contribution is 0.188. The molecule has 3 rings (SSSR count). The van der Waals surface area contributed by atoms with E-state index in [0.29, 0.717) is 13.2 Å². The van der Waals surface area contributed by atoms with Crippen LogP contribution in [0.3, 0.4) is 0 Å². The van der Waals surface area contributed by atoms with Gasteiger partial charge < -0.3 is 4.74 Å². The summed E-state index contributed by atoms with van der Waals surface area (Å²) < 4.78 is 32.7. The molecule has 23 heavy (non-hydrogen) atoms. The highest BCUT2D eigenvalue weighted by Crippen LogP contribution is 2.17. The minimum Gasteiger partial charge on any atom is -0.381 e. The fourth-order valence-corrected chi connectivity index (χ4v) is 5.10. The molecule has 0 spiro atoms. The van der Waals surface area contributed by atoms with Gasteiger partial charge in [-0.2, -0.15) is 0 Å². The van der Waals surface area contributed by atoms with E-state index in [1.807, 2.05) is 6.07 Å². The summed E-state index contributed by atoms with van der Waals surface area (Å²) in [5.74, 6) is 0.364. The van der Waals surface area contributed by atoms with Crippen molar-refractivity contribution in [2.24, 2.45) is 5.92 Å². The van der Waals surface area contributed by atoms with Crippen LogP contribution in [0.15, 0.2) is 30.3 Å². The third kappa shape index (κ3) is 5.28. The molecule has 6 heteroatoms. The maximum Gasteiger partial charge on any atom is 0.212 e. The molecular weight excluding hydrogens is 312 g/mol. The highest BCUT2D eigenvalue weighted by molar-refractivity contribution is 7.89. The van der Waals surface area contributed by atoms with Crippen LogP contribution in [-0.4, -0.2) is 51.4 Å². The van der Waals surface area contributed by atoms with Gasteiger partial charge in [0.1, 0.15) is 0 Å².